The second-order valence-electron chi connectivity index (χ2n) is 4.95. The Hall–Kier alpha value is -0.763. The third-order valence-corrected chi connectivity index (χ3v) is 4.34. The normalized spacial score (nSPS) is 15.5. The molecule has 0 aliphatic heterocycles. The number of hydrogen-bond donors (Lipinski definition) is 4. The van der Waals surface area contributed by atoms with Crippen LogP contribution >= 0.6 is 0 Å². The van der Waals surface area contributed by atoms with Gasteiger partial charge in [-0.15, -0.1) is 0 Å². The van der Waals surface area contributed by atoms with Gasteiger partial charge in [0.05, 0.1) is 6.10 Å². The van der Waals surface area contributed by atoms with E-state index in [4.69, 9.17) is 14.4 Å². The summed E-state index contributed by atoms with van der Waals surface area (Å²) in [5, 5.41) is 10.2. The van der Waals surface area contributed by atoms with Gasteiger partial charge in [0, 0.05) is 12.1 Å². The molecule has 0 aromatic heterocycles. The summed E-state index contributed by atoms with van der Waals surface area (Å²) < 4.78 is 0. The van der Waals surface area contributed by atoms with Crippen molar-refractivity contribution in [2.75, 3.05) is 13.6 Å². The average Bonchev–Trinajstić information content (AvgIpc) is 2.36. The lowest BCUT2D eigenvalue weighted by Crippen LogP contribution is -2.38. The molecule has 1 aromatic carbocycles. The predicted octanol–water partition coefficient (Wildman–Crippen LogP) is 0.346. The molecule has 0 unspecified atom stereocenters. The molecule has 2 atom stereocenters. The van der Waals surface area contributed by atoms with Crippen molar-refractivity contribution in [2.24, 2.45) is 0 Å². The van der Waals surface area contributed by atoms with E-state index >= 15 is 0 Å². The molecule has 0 aliphatic rings. The Labute approximate surface area is 115 Å². The number of hydrogen-bond acceptors (Lipinski definition) is 5. The molecule has 0 radical (unpaired) electrons. The first-order chi connectivity index (χ1) is 8.81. The van der Waals surface area contributed by atoms with Crippen LogP contribution in [-0.2, 0) is 0 Å². The van der Waals surface area contributed by atoms with Crippen molar-refractivity contribution in [3.05, 3.63) is 35.9 Å². The first-order valence-electron chi connectivity index (χ1n) is 6.41. The van der Waals surface area contributed by atoms with Crippen molar-refractivity contribution in [3.8, 4) is 0 Å². The Balaban J connectivity index is 2.46. The van der Waals surface area contributed by atoms with E-state index in [9.17, 15) is 5.11 Å². The zero-order chi connectivity index (χ0) is 14.5. The van der Waals surface area contributed by atoms with Crippen LogP contribution in [0.3, 0.4) is 0 Å². The van der Waals surface area contributed by atoms with Gasteiger partial charge in [-0.2, -0.15) is 0 Å². The number of rotatable bonds is 7. The Kier molecular flexibility index (Phi) is 6.12. The first-order valence-corrected chi connectivity index (χ1v) is 8.46. The highest BCUT2D eigenvalue weighted by Gasteiger charge is 2.27. The van der Waals surface area contributed by atoms with Crippen LogP contribution in [0.25, 0.3) is 0 Å². The van der Waals surface area contributed by atoms with Crippen LogP contribution in [-0.4, -0.2) is 52.8 Å². The van der Waals surface area contributed by atoms with E-state index in [-0.39, 0.29) is 12.1 Å². The highest BCUT2D eigenvalue weighted by Crippen LogP contribution is 2.20. The molecule has 0 aliphatic carbocycles. The molecule has 1 aromatic rings. The van der Waals surface area contributed by atoms with Gasteiger partial charge >= 0.3 is 8.80 Å². The standard InChI is InChI=1S/C13H23NO4Si/c1-11(13(15)12-7-4-3-5-8-12)14(2)9-6-10-19(16,17)18/h3-5,7-8,11,13,15-18H,6,9-10H2,1-2H3/t11-,13-/m1/s1. The van der Waals surface area contributed by atoms with Gasteiger partial charge in [-0.05, 0) is 32.5 Å². The summed E-state index contributed by atoms with van der Waals surface area (Å²) in [6.45, 7) is 2.50. The van der Waals surface area contributed by atoms with E-state index in [1.807, 2.05) is 49.2 Å². The zero-order valence-electron chi connectivity index (χ0n) is 11.4. The van der Waals surface area contributed by atoms with Crippen LogP contribution in [0.1, 0.15) is 25.0 Å². The summed E-state index contributed by atoms with van der Waals surface area (Å²) in [7, 11) is -2.07. The van der Waals surface area contributed by atoms with E-state index in [0.717, 1.165) is 5.56 Å². The van der Waals surface area contributed by atoms with Crippen LogP contribution < -0.4 is 0 Å². The van der Waals surface area contributed by atoms with Crippen LogP contribution in [0.4, 0.5) is 0 Å². The zero-order valence-corrected chi connectivity index (χ0v) is 12.4. The number of nitrogens with zero attached hydrogens (tertiary/aromatic N) is 1. The number of aliphatic hydroxyl groups is 1. The van der Waals surface area contributed by atoms with Crippen LogP contribution in [0.15, 0.2) is 30.3 Å². The molecule has 0 amide bonds. The maximum Gasteiger partial charge on any atom is 0.492 e. The Morgan fingerprint density at radius 2 is 1.74 bits per heavy atom. The maximum absolute atomic E-state index is 10.2. The van der Waals surface area contributed by atoms with Gasteiger partial charge in [0.15, 0.2) is 0 Å². The monoisotopic (exact) mass is 285 g/mol. The highest BCUT2D eigenvalue weighted by molar-refractivity contribution is 6.56. The summed E-state index contributed by atoms with van der Waals surface area (Å²) in [5.41, 5.74) is 0.858. The molecule has 4 N–H and O–H groups in total. The third-order valence-electron chi connectivity index (χ3n) is 3.32. The summed E-state index contributed by atoms with van der Waals surface area (Å²) in [6, 6.07) is 9.35. The number of likely N-dealkylation sites (N-methyl/N-ethyl adjacent to an activating group) is 1. The lowest BCUT2D eigenvalue weighted by molar-refractivity contribution is 0.0720. The molecule has 0 saturated carbocycles. The minimum Gasteiger partial charge on any atom is -0.390 e. The number of benzene rings is 1. The second kappa shape index (κ2) is 7.13. The fourth-order valence-electron chi connectivity index (χ4n) is 1.94. The largest absolute Gasteiger partial charge is 0.492 e. The van der Waals surface area contributed by atoms with Gasteiger partial charge in [0.25, 0.3) is 0 Å². The smallest absolute Gasteiger partial charge is 0.390 e. The summed E-state index contributed by atoms with van der Waals surface area (Å²) in [5.74, 6) is 0. The molecule has 108 valence electrons. The molecule has 0 bridgehead atoms. The average molecular weight is 285 g/mol. The molecule has 0 heterocycles. The summed E-state index contributed by atoms with van der Waals surface area (Å²) in [6.07, 6.45) is -0.108. The minimum absolute atomic E-state index is 0.0193. The van der Waals surface area contributed by atoms with E-state index in [1.54, 1.807) is 0 Å². The van der Waals surface area contributed by atoms with Crippen molar-refractivity contribution < 1.29 is 19.5 Å². The molecule has 0 fully saturated rings. The van der Waals surface area contributed by atoms with E-state index in [0.29, 0.717) is 13.0 Å². The molecular formula is C13H23NO4Si. The van der Waals surface area contributed by atoms with Crippen molar-refractivity contribution in [3.63, 3.8) is 0 Å². The lowest BCUT2D eigenvalue weighted by atomic mass is 10.0. The molecule has 0 saturated heterocycles. The molecule has 0 spiro atoms. The summed E-state index contributed by atoms with van der Waals surface area (Å²) >= 11 is 0. The lowest BCUT2D eigenvalue weighted by Gasteiger charge is -2.29. The third kappa shape index (κ3) is 5.81. The first kappa shape index (κ1) is 16.3. The fourth-order valence-corrected chi connectivity index (χ4v) is 2.57. The van der Waals surface area contributed by atoms with Crippen molar-refractivity contribution >= 4 is 8.80 Å². The van der Waals surface area contributed by atoms with Crippen LogP contribution in [0.5, 0.6) is 0 Å². The minimum atomic E-state index is -3.94. The topological polar surface area (TPSA) is 84.2 Å². The van der Waals surface area contributed by atoms with Crippen molar-refractivity contribution in [1.82, 2.24) is 4.90 Å². The quantitative estimate of drug-likeness (QED) is 0.543. The summed E-state index contributed by atoms with van der Waals surface area (Å²) in [4.78, 5) is 28.8. The Morgan fingerprint density at radius 1 is 1.16 bits per heavy atom. The van der Waals surface area contributed by atoms with Gasteiger partial charge in [-0.1, -0.05) is 30.3 Å². The number of aliphatic hydroxyl groups excluding tert-OH is 1. The van der Waals surface area contributed by atoms with Gasteiger partial charge in [0.1, 0.15) is 0 Å². The van der Waals surface area contributed by atoms with Gasteiger partial charge < -0.3 is 24.4 Å². The van der Waals surface area contributed by atoms with Gasteiger partial charge in [-0.3, -0.25) is 0 Å². The van der Waals surface area contributed by atoms with Crippen LogP contribution in [0, 0.1) is 0 Å². The molecule has 19 heavy (non-hydrogen) atoms. The second-order valence-corrected chi connectivity index (χ2v) is 7.00. The van der Waals surface area contributed by atoms with E-state index in [1.165, 1.54) is 0 Å². The molecule has 6 heteroatoms. The maximum atomic E-state index is 10.2. The Bertz CT molecular complexity index is 369. The highest BCUT2D eigenvalue weighted by atomic mass is 28.4. The SMILES string of the molecule is C[C@H]([C@@H](O)c1ccccc1)N(C)CCC[Si](O)(O)O. The van der Waals surface area contributed by atoms with Gasteiger partial charge in [-0.25, -0.2) is 0 Å². The van der Waals surface area contributed by atoms with Crippen LogP contribution in [0.2, 0.25) is 6.04 Å². The van der Waals surface area contributed by atoms with Crippen molar-refractivity contribution in [1.29, 1.82) is 0 Å². The van der Waals surface area contributed by atoms with Gasteiger partial charge in [0.2, 0.25) is 0 Å². The Morgan fingerprint density at radius 3 is 2.26 bits per heavy atom. The van der Waals surface area contributed by atoms with E-state index < -0.39 is 14.9 Å². The predicted molar refractivity (Wildman–Crippen MR) is 75.3 cm³/mol. The molecule has 5 nitrogen and oxygen atoms in total. The van der Waals surface area contributed by atoms with E-state index in [2.05, 4.69) is 0 Å². The van der Waals surface area contributed by atoms with Crippen molar-refractivity contribution in [2.45, 2.75) is 31.5 Å². The molecule has 1 rings (SSSR count). The molecular weight excluding hydrogens is 262 g/mol. The fraction of sp³-hybridized carbons (Fsp3) is 0.538.